The second kappa shape index (κ2) is 14.9. The van der Waals surface area contributed by atoms with E-state index in [4.69, 9.17) is 28.4 Å². The van der Waals surface area contributed by atoms with Crippen LogP contribution in [0.25, 0.3) is 6.08 Å². The molecule has 1 aromatic rings. The van der Waals surface area contributed by atoms with E-state index in [9.17, 15) is 61.0 Å². The maximum absolute atomic E-state index is 12.9. The highest BCUT2D eigenvalue weighted by Gasteiger charge is 2.52. The van der Waals surface area contributed by atoms with Gasteiger partial charge in [0.2, 0.25) is 0 Å². The van der Waals surface area contributed by atoms with Crippen molar-refractivity contribution in [2.75, 3.05) is 13.2 Å². The number of benzene rings is 1. The van der Waals surface area contributed by atoms with E-state index >= 15 is 0 Å². The van der Waals surface area contributed by atoms with Crippen LogP contribution < -0.4 is 0 Å². The van der Waals surface area contributed by atoms with Gasteiger partial charge >= 0.3 is 5.97 Å². The number of ether oxygens (including phenoxy) is 6. The number of esters is 1. The third-order valence-electron chi connectivity index (χ3n) is 7.67. The van der Waals surface area contributed by atoms with E-state index in [1.807, 2.05) is 0 Å². The average Bonchev–Trinajstić information content (AvgIpc) is 3.01. The number of hydrogen-bond donors (Lipinski definition) is 11. The molecule has 254 valence electrons. The zero-order chi connectivity index (χ0) is 33.2. The largest absolute Gasteiger partial charge is 0.504 e. The molecule has 45 heavy (non-hydrogen) atoms. The van der Waals surface area contributed by atoms with E-state index in [2.05, 4.69) is 0 Å². The summed E-state index contributed by atoms with van der Waals surface area (Å²) in [7, 11) is 0. The molecule has 0 spiro atoms. The standard InChI is InChI=1S/C27H38O18/c1-9-16(32)18(34)21(37)27(41-9)45-24-22(38)25(39)42-14(8-40-26-20(36)19(35)17(33)13(7-28)43-26)23(24)44-15(31)5-3-10-2-4-11(29)12(30)6-10/h2-6,9,13-14,16-30,32-39H,7-8H2,1H3/b5-3+/t9-,13+,14+,16-,17+,18+,19-,20+,21+,22+,23+,24+,25?,26+,27-/m0/s1. The SMILES string of the molecule is C[C@@H]1O[C@@H](O[C@H]2[C@H](OC(=O)/C=C/c3ccc(O)c(O)c3)[C@@H](CO[C@@H]3O[C@H](CO)[C@@H](O)[C@H](O)[C@H]3O)OC(O)[C@@H]2O)[C@H](O)[C@H](O)[C@H]1O. The lowest BCUT2D eigenvalue weighted by Gasteiger charge is -2.46. The third-order valence-corrected chi connectivity index (χ3v) is 7.67. The molecule has 0 radical (unpaired) electrons. The van der Waals surface area contributed by atoms with Gasteiger partial charge in [-0.25, -0.2) is 4.79 Å². The van der Waals surface area contributed by atoms with E-state index in [-0.39, 0.29) is 5.56 Å². The third kappa shape index (κ3) is 7.89. The van der Waals surface area contributed by atoms with E-state index in [1.54, 1.807) is 0 Å². The Bertz CT molecular complexity index is 1160. The van der Waals surface area contributed by atoms with Crippen LogP contribution in [0, 0.1) is 0 Å². The molecule has 3 aliphatic heterocycles. The summed E-state index contributed by atoms with van der Waals surface area (Å²) in [4.78, 5) is 12.9. The van der Waals surface area contributed by atoms with Crippen LogP contribution in [0.1, 0.15) is 12.5 Å². The highest BCUT2D eigenvalue weighted by Crippen LogP contribution is 2.32. The first kappa shape index (κ1) is 35.3. The predicted octanol–water partition coefficient (Wildman–Crippen LogP) is -4.87. The van der Waals surface area contributed by atoms with Crippen LogP contribution in [0.5, 0.6) is 11.5 Å². The summed E-state index contributed by atoms with van der Waals surface area (Å²) >= 11 is 0. The van der Waals surface area contributed by atoms with Crippen molar-refractivity contribution in [2.45, 2.75) is 99.0 Å². The second-order valence-electron chi connectivity index (χ2n) is 10.9. The summed E-state index contributed by atoms with van der Waals surface area (Å²) in [5.41, 5.74) is 0.271. The molecule has 1 unspecified atom stereocenters. The van der Waals surface area contributed by atoms with Gasteiger partial charge in [0.1, 0.15) is 61.0 Å². The molecule has 3 aliphatic rings. The van der Waals surface area contributed by atoms with Gasteiger partial charge in [0.05, 0.1) is 19.3 Å². The van der Waals surface area contributed by atoms with Gasteiger partial charge in [-0.15, -0.1) is 0 Å². The van der Waals surface area contributed by atoms with Gasteiger partial charge in [0.15, 0.2) is 36.5 Å². The predicted molar refractivity (Wildman–Crippen MR) is 143 cm³/mol. The molecule has 1 aromatic carbocycles. The number of hydrogen-bond acceptors (Lipinski definition) is 18. The minimum absolute atomic E-state index is 0.271. The highest BCUT2D eigenvalue weighted by atomic mass is 16.7. The van der Waals surface area contributed by atoms with Crippen molar-refractivity contribution in [3.05, 3.63) is 29.8 Å². The van der Waals surface area contributed by atoms with Crippen LogP contribution in [0.3, 0.4) is 0 Å². The first-order chi connectivity index (χ1) is 21.2. The Labute approximate surface area is 255 Å². The summed E-state index contributed by atoms with van der Waals surface area (Å²) in [6.07, 6.45) is -23.0. The van der Waals surface area contributed by atoms with E-state index in [0.29, 0.717) is 0 Å². The van der Waals surface area contributed by atoms with E-state index < -0.39 is 123 Å². The summed E-state index contributed by atoms with van der Waals surface area (Å²) in [6, 6.07) is 3.69. The molecule has 3 heterocycles. The maximum Gasteiger partial charge on any atom is 0.331 e. The maximum atomic E-state index is 12.9. The molecule has 4 rings (SSSR count). The number of carbonyl (C=O) groups is 1. The topological polar surface area (TPSA) is 295 Å². The molecule has 3 fully saturated rings. The second-order valence-corrected chi connectivity index (χ2v) is 10.9. The van der Waals surface area contributed by atoms with Crippen LogP contribution in [0.2, 0.25) is 0 Å². The number of carbonyl (C=O) groups excluding carboxylic acids is 1. The Hall–Kier alpha value is -2.53. The van der Waals surface area contributed by atoms with Crippen molar-refractivity contribution in [1.29, 1.82) is 0 Å². The van der Waals surface area contributed by atoms with Gasteiger partial charge in [-0.2, -0.15) is 0 Å². The van der Waals surface area contributed by atoms with Crippen LogP contribution in [0.4, 0.5) is 0 Å². The molecule has 0 bridgehead atoms. The van der Waals surface area contributed by atoms with E-state index in [1.165, 1.54) is 25.1 Å². The number of phenols is 2. The van der Waals surface area contributed by atoms with Crippen molar-refractivity contribution >= 4 is 12.0 Å². The number of aliphatic hydroxyl groups excluding tert-OH is 9. The fraction of sp³-hybridized carbons (Fsp3) is 0.667. The first-order valence-electron chi connectivity index (χ1n) is 13.9. The van der Waals surface area contributed by atoms with E-state index in [0.717, 1.165) is 12.1 Å². The normalized spacial score (nSPS) is 42.5. The molecular formula is C27H38O18. The molecule has 0 amide bonds. The smallest absolute Gasteiger partial charge is 0.331 e. The Balaban J connectivity index is 1.57. The lowest BCUT2D eigenvalue weighted by molar-refractivity contribution is -0.359. The van der Waals surface area contributed by atoms with Crippen molar-refractivity contribution < 1.29 is 89.4 Å². The van der Waals surface area contributed by atoms with Gasteiger partial charge < -0.3 is 84.6 Å². The minimum atomic E-state index is -2.02. The number of aromatic hydroxyl groups is 2. The molecule has 0 aliphatic carbocycles. The van der Waals surface area contributed by atoms with Gasteiger partial charge in [0, 0.05) is 6.08 Å². The summed E-state index contributed by atoms with van der Waals surface area (Å²) in [5.74, 6) is -1.95. The zero-order valence-corrected chi connectivity index (χ0v) is 23.7. The Morgan fingerprint density at radius 2 is 1.44 bits per heavy atom. The first-order valence-corrected chi connectivity index (χ1v) is 13.9. The molecule has 0 saturated carbocycles. The van der Waals surface area contributed by atoms with Gasteiger partial charge in [-0.3, -0.25) is 0 Å². The zero-order valence-electron chi connectivity index (χ0n) is 23.7. The Morgan fingerprint density at radius 1 is 0.778 bits per heavy atom. The summed E-state index contributed by atoms with van der Waals surface area (Å²) in [5, 5.41) is 111. The quantitative estimate of drug-likeness (QED) is 0.0678. The Kier molecular flexibility index (Phi) is 11.7. The highest BCUT2D eigenvalue weighted by molar-refractivity contribution is 5.87. The van der Waals surface area contributed by atoms with Crippen molar-refractivity contribution in [3.8, 4) is 11.5 Å². The van der Waals surface area contributed by atoms with Crippen LogP contribution in [-0.2, 0) is 33.2 Å². The molecule has 15 atom stereocenters. The minimum Gasteiger partial charge on any atom is -0.504 e. The molecule has 11 N–H and O–H groups in total. The van der Waals surface area contributed by atoms with Gasteiger partial charge in [-0.1, -0.05) is 6.07 Å². The molecule has 3 saturated heterocycles. The van der Waals surface area contributed by atoms with Crippen LogP contribution >= 0.6 is 0 Å². The Morgan fingerprint density at radius 3 is 2.11 bits per heavy atom. The van der Waals surface area contributed by atoms with Crippen LogP contribution in [-0.4, -0.2) is 167 Å². The average molecular weight is 651 g/mol. The fourth-order valence-electron chi connectivity index (χ4n) is 5.00. The lowest BCUT2D eigenvalue weighted by Crippen LogP contribution is -2.65. The molecule has 18 heteroatoms. The van der Waals surface area contributed by atoms with Crippen molar-refractivity contribution in [3.63, 3.8) is 0 Å². The van der Waals surface area contributed by atoms with Crippen LogP contribution in [0.15, 0.2) is 24.3 Å². The number of aliphatic hydroxyl groups is 9. The fourth-order valence-corrected chi connectivity index (χ4v) is 5.00. The molecule has 18 nitrogen and oxygen atoms in total. The summed E-state index contributed by atoms with van der Waals surface area (Å²) in [6.45, 7) is -0.0722. The monoisotopic (exact) mass is 650 g/mol. The van der Waals surface area contributed by atoms with Gasteiger partial charge in [0.25, 0.3) is 0 Å². The number of phenolic OH excluding ortho intramolecular Hbond substituents is 2. The van der Waals surface area contributed by atoms with Gasteiger partial charge in [-0.05, 0) is 30.7 Å². The molecule has 0 aromatic heterocycles. The van der Waals surface area contributed by atoms with Crippen molar-refractivity contribution in [1.82, 2.24) is 0 Å². The molecular weight excluding hydrogens is 612 g/mol. The van der Waals surface area contributed by atoms with Crippen molar-refractivity contribution in [2.24, 2.45) is 0 Å². The number of rotatable bonds is 9. The summed E-state index contributed by atoms with van der Waals surface area (Å²) < 4.78 is 32.8. The lowest BCUT2D eigenvalue weighted by atomic mass is 9.96.